The van der Waals surface area contributed by atoms with Crippen LogP contribution in [0.15, 0.2) is 57.5 Å². The molecule has 2 aromatic rings. The van der Waals surface area contributed by atoms with Gasteiger partial charge in [0, 0.05) is 11.1 Å². The van der Waals surface area contributed by atoms with Crippen LogP contribution in [-0.4, -0.2) is 55.3 Å². The summed E-state index contributed by atoms with van der Waals surface area (Å²) in [5.41, 5.74) is 1.18. The van der Waals surface area contributed by atoms with Crippen molar-refractivity contribution in [3.63, 3.8) is 0 Å². The third-order valence-corrected chi connectivity index (χ3v) is 7.69. The van der Waals surface area contributed by atoms with Crippen molar-refractivity contribution in [1.29, 1.82) is 5.26 Å². The predicted molar refractivity (Wildman–Crippen MR) is 125 cm³/mol. The van der Waals surface area contributed by atoms with Gasteiger partial charge in [0.05, 0.1) is 29.7 Å². The lowest BCUT2D eigenvalue weighted by atomic mass is 9.93. The Bertz CT molecular complexity index is 1420. The summed E-state index contributed by atoms with van der Waals surface area (Å²) in [7, 11) is -3.36. The van der Waals surface area contributed by atoms with Gasteiger partial charge in [-0.1, -0.05) is 12.1 Å². The fraction of sp³-hybridized carbons (Fsp3) is 0.280. The average Bonchev–Trinajstić information content (AvgIpc) is 3.43. The first-order valence-electron chi connectivity index (χ1n) is 10.9. The zero-order chi connectivity index (χ0) is 25.3. The molecule has 9 nitrogen and oxygen atoms in total. The summed E-state index contributed by atoms with van der Waals surface area (Å²) in [6, 6.07) is 11.0. The first kappa shape index (κ1) is 24.2. The Labute approximate surface area is 202 Å². The number of rotatable bonds is 5. The van der Waals surface area contributed by atoms with E-state index >= 15 is 0 Å². The largest absolute Gasteiger partial charge is 0.462 e. The molecule has 0 N–H and O–H groups in total. The molecule has 1 saturated heterocycles. The molecule has 0 spiro atoms. The molecule has 2 aliphatic heterocycles. The maximum atomic E-state index is 13.3. The molecule has 0 bridgehead atoms. The van der Waals surface area contributed by atoms with E-state index in [4.69, 9.17) is 9.15 Å². The number of hydrogen-bond acceptors (Lipinski definition) is 8. The highest BCUT2D eigenvalue weighted by molar-refractivity contribution is 7.91. The number of carbonyl (C=O) groups is 3. The summed E-state index contributed by atoms with van der Waals surface area (Å²) in [4.78, 5) is 38.8. The van der Waals surface area contributed by atoms with Crippen molar-refractivity contribution >= 4 is 33.7 Å². The Morgan fingerprint density at radius 2 is 1.91 bits per heavy atom. The van der Waals surface area contributed by atoms with Crippen LogP contribution in [0.3, 0.4) is 0 Å². The van der Waals surface area contributed by atoms with Gasteiger partial charge >= 0.3 is 5.97 Å². The van der Waals surface area contributed by atoms with Crippen LogP contribution in [0.1, 0.15) is 36.4 Å². The molecular formula is C25H22N2O7S. The summed E-state index contributed by atoms with van der Waals surface area (Å²) in [6.07, 6.45) is 1.58. The number of amides is 2. The van der Waals surface area contributed by atoms with Crippen molar-refractivity contribution in [2.75, 3.05) is 18.1 Å². The number of esters is 1. The Morgan fingerprint density at radius 1 is 1.20 bits per heavy atom. The molecule has 2 aliphatic rings. The van der Waals surface area contributed by atoms with Crippen LogP contribution in [0.25, 0.3) is 17.4 Å². The van der Waals surface area contributed by atoms with Gasteiger partial charge in [0.15, 0.2) is 9.84 Å². The molecular weight excluding hydrogens is 472 g/mol. The zero-order valence-corrected chi connectivity index (χ0v) is 19.9. The van der Waals surface area contributed by atoms with Crippen LogP contribution < -0.4 is 0 Å². The van der Waals surface area contributed by atoms with Gasteiger partial charge in [-0.2, -0.15) is 5.26 Å². The number of furan rings is 1. The summed E-state index contributed by atoms with van der Waals surface area (Å²) in [6.45, 7) is 3.50. The molecule has 35 heavy (non-hydrogen) atoms. The molecule has 4 rings (SSSR count). The van der Waals surface area contributed by atoms with Gasteiger partial charge < -0.3 is 9.15 Å². The number of carbonyl (C=O) groups excluding carboxylic acids is 3. The van der Waals surface area contributed by atoms with Crippen LogP contribution in [0.5, 0.6) is 0 Å². The van der Waals surface area contributed by atoms with E-state index in [1.54, 1.807) is 43.3 Å². The highest BCUT2D eigenvalue weighted by Gasteiger charge is 2.43. The average molecular weight is 495 g/mol. The number of nitriles is 1. The van der Waals surface area contributed by atoms with Crippen molar-refractivity contribution in [2.45, 2.75) is 26.3 Å². The second-order valence-corrected chi connectivity index (χ2v) is 10.4. The monoisotopic (exact) mass is 494 g/mol. The second kappa shape index (κ2) is 9.35. The van der Waals surface area contributed by atoms with Gasteiger partial charge in [0.25, 0.3) is 11.8 Å². The quantitative estimate of drug-likeness (QED) is 0.352. The van der Waals surface area contributed by atoms with E-state index in [0.29, 0.717) is 22.6 Å². The Kier molecular flexibility index (Phi) is 6.45. The molecule has 180 valence electrons. The number of ether oxygens (including phenoxy) is 1. The molecule has 1 aromatic heterocycles. The highest BCUT2D eigenvalue weighted by atomic mass is 32.2. The van der Waals surface area contributed by atoms with Gasteiger partial charge in [-0.05, 0) is 56.2 Å². The van der Waals surface area contributed by atoms with Crippen LogP contribution in [0.4, 0.5) is 0 Å². The second-order valence-electron chi connectivity index (χ2n) is 8.21. The Hall–Kier alpha value is -3.97. The lowest BCUT2D eigenvalue weighted by molar-refractivity contribution is -0.142. The molecule has 1 aromatic carbocycles. The summed E-state index contributed by atoms with van der Waals surface area (Å²) < 4.78 is 34.7. The standard InChI is InChI=1S/C25H22N2O7S/c1-3-33-25(30)17-6-4-16(5-7-17)22-9-8-19(34-22)12-20-15(2)21(13-26)24(29)27(23(20)28)18-10-11-35(31,32)14-18/h4-9,12,18H,3,10-11,14H2,1-2H3/b20-12+/t18-/m0/s1. The van der Waals surface area contributed by atoms with E-state index in [1.807, 2.05) is 6.07 Å². The first-order chi connectivity index (χ1) is 16.6. The number of imide groups is 1. The molecule has 0 saturated carbocycles. The molecule has 0 unspecified atom stereocenters. The Morgan fingerprint density at radius 3 is 2.51 bits per heavy atom. The molecule has 3 heterocycles. The summed E-state index contributed by atoms with van der Waals surface area (Å²) in [5.74, 6) is -1.52. The van der Waals surface area contributed by atoms with Crippen molar-refractivity contribution in [3.05, 3.63) is 64.4 Å². The van der Waals surface area contributed by atoms with Crippen molar-refractivity contribution in [1.82, 2.24) is 4.90 Å². The number of hydrogen-bond donors (Lipinski definition) is 0. The van der Waals surface area contributed by atoms with Crippen molar-refractivity contribution < 1.29 is 32.0 Å². The maximum Gasteiger partial charge on any atom is 0.338 e. The molecule has 0 radical (unpaired) electrons. The predicted octanol–water partition coefficient (Wildman–Crippen LogP) is 2.90. The highest BCUT2D eigenvalue weighted by Crippen LogP contribution is 2.32. The van der Waals surface area contributed by atoms with Gasteiger partial charge in [-0.3, -0.25) is 14.5 Å². The number of nitrogens with zero attached hydrogens (tertiary/aromatic N) is 2. The molecule has 1 fully saturated rings. The van der Waals surface area contributed by atoms with Crippen LogP contribution in [0.2, 0.25) is 0 Å². The van der Waals surface area contributed by atoms with E-state index in [1.165, 1.54) is 13.0 Å². The van der Waals surface area contributed by atoms with E-state index in [-0.39, 0.29) is 41.3 Å². The van der Waals surface area contributed by atoms with Crippen molar-refractivity contribution in [2.24, 2.45) is 0 Å². The fourth-order valence-corrected chi connectivity index (χ4v) is 5.82. The smallest absolute Gasteiger partial charge is 0.338 e. The summed E-state index contributed by atoms with van der Waals surface area (Å²) in [5, 5.41) is 9.54. The number of benzene rings is 1. The Balaban J connectivity index is 1.65. The minimum Gasteiger partial charge on any atom is -0.462 e. The number of sulfone groups is 1. The van der Waals surface area contributed by atoms with Crippen LogP contribution in [0, 0.1) is 11.3 Å². The lowest BCUT2D eigenvalue weighted by Crippen LogP contribution is -2.49. The minimum atomic E-state index is -3.36. The molecule has 2 amide bonds. The van der Waals surface area contributed by atoms with Gasteiger partial charge in [0.2, 0.25) is 0 Å². The van der Waals surface area contributed by atoms with E-state index in [2.05, 4.69) is 0 Å². The molecule has 0 aliphatic carbocycles. The zero-order valence-electron chi connectivity index (χ0n) is 19.1. The van der Waals surface area contributed by atoms with Gasteiger partial charge in [-0.25, -0.2) is 13.2 Å². The fourth-order valence-electron chi connectivity index (χ4n) is 4.12. The third kappa shape index (κ3) is 4.68. The van der Waals surface area contributed by atoms with Crippen LogP contribution >= 0.6 is 0 Å². The van der Waals surface area contributed by atoms with E-state index in [0.717, 1.165) is 4.90 Å². The van der Waals surface area contributed by atoms with Crippen LogP contribution in [-0.2, 0) is 24.2 Å². The van der Waals surface area contributed by atoms with Crippen molar-refractivity contribution in [3.8, 4) is 17.4 Å². The topological polar surface area (TPSA) is 135 Å². The summed E-state index contributed by atoms with van der Waals surface area (Å²) >= 11 is 0. The van der Waals surface area contributed by atoms with Gasteiger partial charge in [0.1, 0.15) is 23.2 Å². The lowest BCUT2D eigenvalue weighted by Gasteiger charge is -2.31. The van der Waals surface area contributed by atoms with E-state index in [9.17, 15) is 28.1 Å². The normalized spacial score (nSPS) is 20.9. The molecule has 10 heteroatoms. The SMILES string of the molecule is CCOC(=O)c1ccc(-c2ccc(/C=C3/C(=O)N([C@H]4CCS(=O)(=O)C4)C(=O)C(C#N)=C3C)o2)cc1. The minimum absolute atomic E-state index is 0.0870. The van der Waals surface area contributed by atoms with E-state index < -0.39 is 33.7 Å². The third-order valence-electron chi connectivity index (χ3n) is 5.94. The maximum absolute atomic E-state index is 13.3. The molecule has 1 atom stereocenters. The first-order valence-corrected chi connectivity index (χ1v) is 12.8. The van der Waals surface area contributed by atoms with Gasteiger partial charge in [-0.15, -0.1) is 0 Å².